The van der Waals surface area contributed by atoms with Crippen LogP contribution in [0.25, 0.3) is 0 Å². The van der Waals surface area contributed by atoms with Crippen LogP contribution in [0, 0.1) is 0 Å². The van der Waals surface area contributed by atoms with Crippen LogP contribution in [0.15, 0.2) is 16.7 Å². The van der Waals surface area contributed by atoms with Crippen LogP contribution in [0.1, 0.15) is 29.0 Å². The Kier molecular flexibility index (Phi) is 2.36. The molecule has 1 aromatic heterocycles. The molecule has 2 N–H and O–H groups in total. The average molecular weight is 184 g/mol. The largest absolute Gasteiger partial charge is 0.481 e. The Morgan fingerprint density at radius 2 is 2.08 bits per heavy atom. The highest BCUT2D eigenvalue weighted by Crippen LogP contribution is 2.21. The van der Waals surface area contributed by atoms with Crippen LogP contribution in [0.2, 0.25) is 0 Å². The SMILES string of the molecule is CC(C(=O)O)c1ccoc1C(=O)O. The first-order valence-electron chi connectivity index (χ1n) is 3.57. The molecule has 0 spiro atoms. The summed E-state index contributed by atoms with van der Waals surface area (Å²) in [4.78, 5) is 21.1. The van der Waals surface area contributed by atoms with Gasteiger partial charge < -0.3 is 14.6 Å². The molecule has 0 bridgehead atoms. The second kappa shape index (κ2) is 3.30. The normalized spacial score (nSPS) is 12.4. The Bertz CT molecular complexity index is 338. The fourth-order valence-corrected chi connectivity index (χ4v) is 0.967. The lowest BCUT2D eigenvalue weighted by molar-refractivity contribution is -0.138. The highest BCUT2D eigenvalue weighted by atomic mass is 16.4. The van der Waals surface area contributed by atoms with E-state index < -0.39 is 17.9 Å². The molecule has 0 radical (unpaired) electrons. The lowest BCUT2D eigenvalue weighted by Crippen LogP contribution is -2.10. The number of carbonyl (C=O) groups is 2. The van der Waals surface area contributed by atoms with Gasteiger partial charge in [-0.25, -0.2) is 4.79 Å². The molecule has 0 aromatic carbocycles. The minimum absolute atomic E-state index is 0.181. The van der Waals surface area contributed by atoms with Crippen LogP contribution in [-0.2, 0) is 4.79 Å². The van der Waals surface area contributed by atoms with E-state index in [1.165, 1.54) is 13.0 Å². The van der Waals surface area contributed by atoms with Crippen molar-refractivity contribution in [3.05, 3.63) is 23.7 Å². The Morgan fingerprint density at radius 3 is 2.54 bits per heavy atom. The van der Waals surface area contributed by atoms with Crippen molar-refractivity contribution < 1.29 is 24.2 Å². The molecule has 1 aromatic rings. The summed E-state index contributed by atoms with van der Waals surface area (Å²) < 4.78 is 4.63. The van der Waals surface area contributed by atoms with Gasteiger partial charge in [0.2, 0.25) is 5.76 Å². The van der Waals surface area contributed by atoms with Gasteiger partial charge in [-0.15, -0.1) is 0 Å². The summed E-state index contributed by atoms with van der Waals surface area (Å²) in [6.45, 7) is 1.40. The summed E-state index contributed by atoms with van der Waals surface area (Å²) >= 11 is 0. The zero-order valence-electron chi connectivity index (χ0n) is 6.85. The van der Waals surface area contributed by atoms with Gasteiger partial charge in [0.15, 0.2) is 0 Å². The first-order chi connectivity index (χ1) is 6.04. The van der Waals surface area contributed by atoms with Crippen LogP contribution in [0.3, 0.4) is 0 Å². The zero-order valence-corrected chi connectivity index (χ0v) is 6.85. The van der Waals surface area contributed by atoms with Gasteiger partial charge >= 0.3 is 11.9 Å². The first kappa shape index (κ1) is 9.31. The molecule has 0 aliphatic carbocycles. The van der Waals surface area contributed by atoms with Crippen molar-refractivity contribution in [1.82, 2.24) is 0 Å². The summed E-state index contributed by atoms with van der Waals surface area (Å²) in [7, 11) is 0. The zero-order chi connectivity index (χ0) is 10.0. The van der Waals surface area contributed by atoms with Crippen molar-refractivity contribution in [2.45, 2.75) is 12.8 Å². The lowest BCUT2D eigenvalue weighted by Gasteiger charge is -2.02. The number of furan rings is 1. The van der Waals surface area contributed by atoms with Crippen molar-refractivity contribution in [3.8, 4) is 0 Å². The Morgan fingerprint density at radius 1 is 1.46 bits per heavy atom. The predicted molar refractivity (Wildman–Crippen MR) is 41.7 cm³/mol. The topological polar surface area (TPSA) is 87.7 Å². The minimum Gasteiger partial charge on any atom is -0.481 e. The van der Waals surface area contributed by atoms with Gasteiger partial charge in [0.25, 0.3) is 0 Å². The maximum atomic E-state index is 10.5. The Hall–Kier alpha value is -1.78. The van der Waals surface area contributed by atoms with Gasteiger partial charge in [0.1, 0.15) is 0 Å². The number of hydrogen-bond acceptors (Lipinski definition) is 3. The van der Waals surface area contributed by atoms with Gasteiger partial charge in [-0.3, -0.25) is 4.79 Å². The van der Waals surface area contributed by atoms with Gasteiger partial charge in [0, 0.05) is 5.56 Å². The van der Waals surface area contributed by atoms with E-state index in [9.17, 15) is 9.59 Å². The van der Waals surface area contributed by atoms with Crippen LogP contribution in [0.5, 0.6) is 0 Å². The molecule has 1 unspecified atom stereocenters. The minimum atomic E-state index is -1.26. The third-order valence-corrected chi connectivity index (χ3v) is 1.73. The van der Waals surface area contributed by atoms with Crippen LogP contribution < -0.4 is 0 Å². The molecule has 0 amide bonds. The number of carboxylic acids is 2. The monoisotopic (exact) mass is 184 g/mol. The van der Waals surface area contributed by atoms with Gasteiger partial charge in [-0.2, -0.15) is 0 Å². The molecule has 0 saturated carbocycles. The molecule has 0 aliphatic rings. The van der Waals surface area contributed by atoms with E-state index in [4.69, 9.17) is 10.2 Å². The summed E-state index contributed by atoms with van der Waals surface area (Å²) in [5, 5.41) is 17.2. The molecule has 5 nitrogen and oxygen atoms in total. The smallest absolute Gasteiger partial charge is 0.372 e. The second-order valence-corrected chi connectivity index (χ2v) is 2.57. The quantitative estimate of drug-likeness (QED) is 0.735. The number of rotatable bonds is 3. The number of hydrogen-bond donors (Lipinski definition) is 2. The van der Waals surface area contributed by atoms with Gasteiger partial charge in [0.05, 0.1) is 12.2 Å². The second-order valence-electron chi connectivity index (χ2n) is 2.57. The van der Waals surface area contributed by atoms with E-state index in [0.717, 1.165) is 6.26 Å². The summed E-state index contributed by atoms with van der Waals surface area (Å²) in [6, 6.07) is 1.35. The molecule has 13 heavy (non-hydrogen) atoms. The third kappa shape index (κ3) is 1.69. The molecule has 0 saturated heterocycles. The fraction of sp³-hybridized carbons (Fsp3) is 0.250. The molecule has 0 fully saturated rings. The maximum absolute atomic E-state index is 10.5. The maximum Gasteiger partial charge on any atom is 0.372 e. The van der Waals surface area contributed by atoms with Crippen LogP contribution in [0.4, 0.5) is 0 Å². The van der Waals surface area contributed by atoms with Crippen molar-refractivity contribution >= 4 is 11.9 Å². The molecular weight excluding hydrogens is 176 g/mol. The fourth-order valence-electron chi connectivity index (χ4n) is 0.967. The van der Waals surface area contributed by atoms with Crippen LogP contribution >= 0.6 is 0 Å². The van der Waals surface area contributed by atoms with E-state index in [0.29, 0.717) is 0 Å². The van der Waals surface area contributed by atoms with Gasteiger partial charge in [-0.1, -0.05) is 0 Å². The number of aromatic carboxylic acids is 1. The highest BCUT2D eigenvalue weighted by Gasteiger charge is 2.23. The molecule has 1 rings (SSSR count). The Labute approximate surface area is 73.6 Å². The Balaban J connectivity index is 3.07. The average Bonchev–Trinajstić information content (AvgIpc) is 2.50. The van der Waals surface area contributed by atoms with E-state index in [1.807, 2.05) is 0 Å². The number of aliphatic carboxylic acids is 1. The van der Waals surface area contributed by atoms with E-state index >= 15 is 0 Å². The van der Waals surface area contributed by atoms with Crippen molar-refractivity contribution in [1.29, 1.82) is 0 Å². The first-order valence-corrected chi connectivity index (χ1v) is 3.57. The molecule has 1 heterocycles. The molecule has 0 aliphatic heterocycles. The standard InChI is InChI=1S/C8H8O5/c1-4(7(9)10)5-2-3-13-6(5)8(11)12/h2-4H,1H3,(H,9,10)(H,11,12). The summed E-state index contributed by atoms with van der Waals surface area (Å²) in [5.74, 6) is -3.52. The predicted octanol–water partition coefficient (Wildman–Crippen LogP) is 1.17. The van der Waals surface area contributed by atoms with Crippen molar-refractivity contribution in [2.75, 3.05) is 0 Å². The highest BCUT2D eigenvalue weighted by molar-refractivity contribution is 5.89. The van der Waals surface area contributed by atoms with Crippen molar-refractivity contribution in [3.63, 3.8) is 0 Å². The van der Waals surface area contributed by atoms with E-state index in [-0.39, 0.29) is 11.3 Å². The summed E-state index contributed by atoms with van der Waals surface area (Å²) in [6.07, 6.45) is 1.16. The number of carboxylic acid groups (broad SMARTS) is 2. The van der Waals surface area contributed by atoms with Gasteiger partial charge in [-0.05, 0) is 13.0 Å². The van der Waals surface area contributed by atoms with Crippen molar-refractivity contribution in [2.24, 2.45) is 0 Å². The van der Waals surface area contributed by atoms with E-state index in [1.54, 1.807) is 0 Å². The molecular formula is C8H8O5. The third-order valence-electron chi connectivity index (χ3n) is 1.73. The van der Waals surface area contributed by atoms with E-state index in [2.05, 4.69) is 4.42 Å². The molecule has 1 atom stereocenters. The molecule has 70 valence electrons. The summed E-state index contributed by atoms with van der Waals surface area (Å²) in [5.41, 5.74) is 0.181. The van der Waals surface area contributed by atoms with Crippen LogP contribution in [-0.4, -0.2) is 22.2 Å². The lowest BCUT2D eigenvalue weighted by atomic mass is 10.0. The molecule has 5 heteroatoms.